The second-order valence-electron chi connectivity index (χ2n) is 23.7. The lowest BCUT2D eigenvalue weighted by Gasteiger charge is -2.49. The van der Waals surface area contributed by atoms with E-state index in [0.717, 1.165) is 120 Å². The zero-order valence-electron chi connectivity index (χ0n) is 44.8. The summed E-state index contributed by atoms with van der Waals surface area (Å²) in [5, 5.41) is 3.88. The van der Waals surface area contributed by atoms with Crippen LogP contribution in [-0.4, -0.2) is 70.9 Å². The molecule has 2 aliphatic heterocycles. The molecule has 2 amide bonds. The quantitative estimate of drug-likeness (QED) is 0.167. The van der Waals surface area contributed by atoms with Crippen LogP contribution in [0.4, 0.5) is 0 Å². The van der Waals surface area contributed by atoms with Crippen LogP contribution in [-0.2, 0) is 19.1 Å². The Bertz CT molecular complexity index is 1940. The predicted molar refractivity (Wildman–Crippen MR) is 275 cm³/mol. The predicted octanol–water partition coefficient (Wildman–Crippen LogP) is 13.4. The van der Waals surface area contributed by atoms with E-state index in [4.69, 9.17) is 14.5 Å². The van der Waals surface area contributed by atoms with Gasteiger partial charge < -0.3 is 19.3 Å². The maximum absolute atomic E-state index is 14.0. The molecule has 0 bridgehead atoms. The number of esters is 2. The van der Waals surface area contributed by atoms with Crippen molar-refractivity contribution < 1.29 is 28.7 Å². The van der Waals surface area contributed by atoms with Gasteiger partial charge >= 0.3 is 11.9 Å². The molecular weight excluding hydrogens is 849 g/mol. The van der Waals surface area contributed by atoms with E-state index in [-0.39, 0.29) is 58.4 Å². The Balaban J connectivity index is 0.000000254. The number of nitrogens with zero attached hydrogens (tertiary/aromatic N) is 3. The minimum absolute atomic E-state index is 0.00926. The molecule has 6 rings (SSSR count). The molecule has 4 aliphatic rings. The molecule has 10 heteroatoms. The molecule has 2 aromatic rings. The van der Waals surface area contributed by atoms with Gasteiger partial charge in [-0.15, -0.1) is 0 Å². The molecule has 2 aromatic carbocycles. The van der Waals surface area contributed by atoms with Crippen LogP contribution in [0.1, 0.15) is 230 Å². The fourth-order valence-electron chi connectivity index (χ4n) is 11.8. The van der Waals surface area contributed by atoms with Gasteiger partial charge in [-0.3, -0.25) is 19.9 Å². The van der Waals surface area contributed by atoms with Crippen LogP contribution >= 0.6 is 0 Å². The van der Waals surface area contributed by atoms with Crippen molar-refractivity contribution in [2.45, 2.75) is 215 Å². The van der Waals surface area contributed by atoms with Gasteiger partial charge in [-0.2, -0.15) is 0 Å². The van der Waals surface area contributed by atoms with Crippen molar-refractivity contribution in [3.8, 4) is 0 Å². The van der Waals surface area contributed by atoms with E-state index in [9.17, 15) is 19.2 Å². The Morgan fingerprint density at radius 1 is 0.676 bits per heavy atom. The average molecular weight is 939 g/mol. The van der Waals surface area contributed by atoms with Crippen molar-refractivity contribution in [3.05, 3.63) is 70.8 Å². The van der Waals surface area contributed by atoms with Crippen LogP contribution in [0.3, 0.4) is 0 Å². The summed E-state index contributed by atoms with van der Waals surface area (Å²) in [6.07, 6.45) is 16.0. The van der Waals surface area contributed by atoms with E-state index < -0.39 is 5.66 Å². The van der Waals surface area contributed by atoms with E-state index in [1.54, 1.807) is 0 Å². The highest BCUT2D eigenvalue weighted by molar-refractivity contribution is 6.40. The van der Waals surface area contributed by atoms with Gasteiger partial charge in [0.1, 0.15) is 11.4 Å². The largest absolute Gasteiger partial charge is 0.465 e. The monoisotopic (exact) mass is 939 g/mol. The molecule has 2 spiro atoms. The number of benzene rings is 2. The van der Waals surface area contributed by atoms with Crippen molar-refractivity contribution in [2.75, 3.05) is 14.2 Å². The maximum atomic E-state index is 14.0. The van der Waals surface area contributed by atoms with Crippen molar-refractivity contribution in [3.63, 3.8) is 0 Å². The minimum Gasteiger partial charge on any atom is -0.465 e. The zero-order valence-corrected chi connectivity index (χ0v) is 44.8. The van der Waals surface area contributed by atoms with Gasteiger partial charge in [0.15, 0.2) is 0 Å². The molecular formula is C58H90N4O6. The van der Waals surface area contributed by atoms with E-state index in [0.29, 0.717) is 34.8 Å². The molecule has 2 saturated carbocycles. The fraction of sp³-hybridized carbons (Fsp3) is 0.707. The normalized spacial score (nSPS) is 25.2. The number of hydrogen-bond donors (Lipinski definition) is 1. The topological polar surface area (TPSA) is 118 Å². The van der Waals surface area contributed by atoms with Crippen LogP contribution in [0, 0.1) is 34.5 Å². The molecule has 0 aromatic heterocycles. The highest BCUT2D eigenvalue weighted by atomic mass is 16.5. The summed E-state index contributed by atoms with van der Waals surface area (Å²) in [7, 11) is 2.80. The second kappa shape index (κ2) is 23.2. The molecule has 0 radical (unpaired) electrons. The fourth-order valence-corrected chi connectivity index (χ4v) is 11.8. The van der Waals surface area contributed by atoms with E-state index >= 15 is 0 Å². The van der Waals surface area contributed by atoms with Crippen molar-refractivity contribution in [1.29, 1.82) is 0 Å². The summed E-state index contributed by atoms with van der Waals surface area (Å²) >= 11 is 0. The zero-order chi connectivity index (χ0) is 50.2. The highest BCUT2D eigenvalue weighted by Gasteiger charge is 2.55. The maximum Gasteiger partial charge on any atom is 0.337 e. The Morgan fingerprint density at radius 3 is 1.49 bits per heavy atom. The molecule has 68 heavy (non-hydrogen) atoms. The third kappa shape index (κ3) is 12.8. The number of carbonyl (C=O) groups is 4. The lowest BCUT2D eigenvalue weighted by Crippen LogP contribution is -2.56. The van der Waals surface area contributed by atoms with Gasteiger partial charge in [0, 0.05) is 0 Å². The smallest absolute Gasteiger partial charge is 0.337 e. The van der Waals surface area contributed by atoms with Crippen molar-refractivity contribution in [1.82, 2.24) is 15.1 Å². The van der Waals surface area contributed by atoms with Gasteiger partial charge in [0.2, 0.25) is 5.91 Å². The third-order valence-electron chi connectivity index (χ3n) is 15.8. The van der Waals surface area contributed by atoms with Gasteiger partial charge in [-0.05, 0) is 147 Å². The number of ether oxygens (including phenoxy) is 2. The first-order valence-corrected chi connectivity index (χ1v) is 26.4. The summed E-state index contributed by atoms with van der Waals surface area (Å²) < 4.78 is 9.76. The van der Waals surface area contributed by atoms with Gasteiger partial charge in [-0.1, -0.05) is 133 Å². The first-order chi connectivity index (χ1) is 32.0. The summed E-state index contributed by atoms with van der Waals surface area (Å²) in [6, 6.07) is 15.2. The SMILES string of the molecule is CCCC[C@H](c1ccc(C(=O)OC)cc1)N1C(=O)C(CC(C)C)=NC12CCC(C(C)(C)C)CC2.CCCC[C@H](c1ccc(C(=O)OC)cc1)N1C(=O)C(CC(C)C)NC12CCC(C(C)(C)C)CC2. The first-order valence-electron chi connectivity index (χ1n) is 26.4. The molecule has 3 atom stereocenters. The molecule has 378 valence electrons. The molecule has 2 aliphatic carbocycles. The molecule has 10 nitrogen and oxygen atoms in total. The number of hydrogen-bond acceptors (Lipinski definition) is 8. The van der Waals surface area contributed by atoms with Crippen LogP contribution in [0.5, 0.6) is 0 Å². The number of aliphatic imine (C=N–C) groups is 1. The third-order valence-corrected chi connectivity index (χ3v) is 15.8. The first kappa shape index (κ1) is 54.9. The Hall–Kier alpha value is -4.05. The number of methoxy groups -OCH3 is 2. The Kier molecular flexibility index (Phi) is 18.8. The van der Waals surface area contributed by atoms with Crippen molar-refractivity contribution >= 4 is 29.5 Å². The molecule has 1 N–H and O–H groups in total. The number of carbonyl (C=O) groups excluding carboxylic acids is 4. The highest BCUT2D eigenvalue weighted by Crippen LogP contribution is 2.51. The van der Waals surface area contributed by atoms with Gasteiger partial charge in [0.05, 0.1) is 49.1 Å². The molecule has 3 fully saturated rings. The van der Waals surface area contributed by atoms with E-state index in [2.05, 4.69) is 98.2 Å². The number of unbranched alkanes of at least 4 members (excludes halogenated alkanes) is 2. The van der Waals surface area contributed by atoms with E-state index in [1.165, 1.54) is 14.2 Å². The van der Waals surface area contributed by atoms with Crippen LogP contribution in [0.2, 0.25) is 0 Å². The van der Waals surface area contributed by atoms with E-state index in [1.807, 2.05) is 48.5 Å². The summed E-state index contributed by atoms with van der Waals surface area (Å²) in [5.41, 5.74) is 3.85. The molecule has 1 saturated heterocycles. The van der Waals surface area contributed by atoms with Crippen LogP contribution in [0.15, 0.2) is 53.5 Å². The number of rotatable bonds is 16. The summed E-state index contributed by atoms with van der Waals surface area (Å²) in [5.74, 6) is 1.86. The molecule has 2 heterocycles. The number of nitrogens with one attached hydrogen (secondary N) is 1. The standard InChI is InChI=1S/C29H46N2O3.C29H44N2O3/c2*1-8-9-10-25(21-11-13-22(14-12-21)27(33)34-7)31-26(32)24(19-20(2)3)30-29(31)17-15-23(16-18-29)28(4,5)6/h11-14,20,23-25,30H,8-10,15-19H2,1-7H3;11-14,20,23,25H,8-10,15-19H2,1-7H3/t23?,24?,25-,29?;23?,25-,29?/m11/s1. The van der Waals surface area contributed by atoms with Gasteiger partial charge in [-0.25, -0.2) is 9.59 Å². The van der Waals surface area contributed by atoms with Crippen molar-refractivity contribution in [2.24, 2.45) is 39.5 Å². The number of amides is 2. The summed E-state index contributed by atoms with van der Waals surface area (Å²) in [6.45, 7) is 27.1. The lowest BCUT2D eigenvalue weighted by atomic mass is 9.69. The van der Waals surface area contributed by atoms with Crippen LogP contribution < -0.4 is 5.32 Å². The minimum atomic E-state index is -0.442. The van der Waals surface area contributed by atoms with Crippen LogP contribution in [0.25, 0.3) is 0 Å². The Morgan fingerprint density at radius 2 is 1.10 bits per heavy atom. The Labute approximate surface area is 411 Å². The molecule has 1 unspecified atom stereocenters. The lowest BCUT2D eigenvalue weighted by molar-refractivity contribution is -0.138. The van der Waals surface area contributed by atoms with Gasteiger partial charge in [0.25, 0.3) is 5.91 Å². The summed E-state index contributed by atoms with van der Waals surface area (Å²) in [4.78, 5) is 61.5. The second-order valence-corrected chi connectivity index (χ2v) is 23.7. The average Bonchev–Trinajstić information content (AvgIpc) is 3.69.